The van der Waals surface area contributed by atoms with E-state index in [4.69, 9.17) is 5.73 Å². The molecule has 0 radical (unpaired) electrons. The quantitative estimate of drug-likeness (QED) is 0.825. The summed E-state index contributed by atoms with van der Waals surface area (Å²) in [6.45, 7) is 0.146. The van der Waals surface area contributed by atoms with Gasteiger partial charge in [-0.2, -0.15) is 0 Å². The zero-order chi connectivity index (χ0) is 14.8. The predicted molar refractivity (Wildman–Crippen MR) is 79.0 cm³/mol. The highest BCUT2D eigenvalue weighted by Crippen LogP contribution is 2.26. The Labute approximate surface area is 125 Å². The molecule has 0 saturated carbocycles. The summed E-state index contributed by atoms with van der Waals surface area (Å²) in [4.78, 5) is -0.0904. The lowest BCUT2D eigenvalue weighted by atomic mass is 10.2. The van der Waals surface area contributed by atoms with Gasteiger partial charge in [0.25, 0.3) is 0 Å². The molecule has 20 heavy (non-hydrogen) atoms. The van der Waals surface area contributed by atoms with Crippen LogP contribution in [0.25, 0.3) is 0 Å². The predicted octanol–water partition coefficient (Wildman–Crippen LogP) is 2.65. The highest BCUT2D eigenvalue weighted by molar-refractivity contribution is 9.10. The summed E-state index contributed by atoms with van der Waals surface area (Å²) in [6.07, 6.45) is 0. The summed E-state index contributed by atoms with van der Waals surface area (Å²) >= 11 is 3.03. The third-order valence-electron chi connectivity index (χ3n) is 2.65. The van der Waals surface area contributed by atoms with Crippen LogP contribution in [0.4, 0.5) is 10.1 Å². The lowest BCUT2D eigenvalue weighted by molar-refractivity contribution is 0.580. The second-order valence-corrected chi connectivity index (χ2v) is 6.70. The summed E-state index contributed by atoms with van der Waals surface area (Å²) in [5.74, 6) is -0.668. The minimum Gasteiger partial charge on any atom is -0.396 e. The van der Waals surface area contributed by atoms with Crippen LogP contribution in [0.1, 0.15) is 5.56 Å². The Morgan fingerprint density at radius 1 is 1.20 bits per heavy atom. The van der Waals surface area contributed by atoms with Crippen LogP contribution in [0.2, 0.25) is 0 Å². The van der Waals surface area contributed by atoms with Gasteiger partial charge in [-0.3, -0.25) is 0 Å². The number of nitrogen functional groups attached to an aromatic ring is 1. The molecule has 106 valence electrons. The van der Waals surface area contributed by atoms with Gasteiger partial charge in [-0.25, -0.2) is 17.5 Å². The van der Waals surface area contributed by atoms with Crippen molar-refractivity contribution in [3.8, 4) is 0 Å². The van der Waals surface area contributed by atoms with Crippen molar-refractivity contribution in [3.05, 3.63) is 58.3 Å². The SMILES string of the molecule is Nc1cc(S(=O)(=O)NCc2ccccc2)c(Br)cc1F. The zero-order valence-electron chi connectivity index (χ0n) is 10.3. The van der Waals surface area contributed by atoms with Crippen molar-refractivity contribution in [1.29, 1.82) is 0 Å². The molecule has 4 nitrogen and oxygen atoms in total. The topological polar surface area (TPSA) is 72.2 Å². The number of halogens is 2. The van der Waals surface area contributed by atoms with Gasteiger partial charge < -0.3 is 5.73 Å². The molecule has 2 aromatic rings. The van der Waals surface area contributed by atoms with Gasteiger partial charge in [0.1, 0.15) is 5.82 Å². The van der Waals surface area contributed by atoms with Gasteiger partial charge in [0.15, 0.2) is 0 Å². The third kappa shape index (κ3) is 3.36. The summed E-state index contributed by atoms with van der Waals surface area (Å²) < 4.78 is 40.1. The number of hydrogen-bond acceptors (Lipinski definition) is 3. The molecule has 0 spiro atoms. The molecular weight excluding hydrogens is 347 g/mol. The number of sulfonamides is 1. The van der Waals surface area contributed by atoms with Gasteiger partial charge in [0.05, 0.1) is 10.6 Å². The highest BCUT2D eigenvalue weighted by atomic mass is 79.9. The van der Waals surface area contributed by atoms with Crippen LogP contribution in [0.15, 0.2) is 51.8 Å². The Hall–Kier alpha value is -1.44. The van der Waals surface area contributed by atoms with Gasteiger partial charge in [0.2, 0.25) is 10.0 Å². The minimum absolute atomic E-state index is 0.0904. The fourth-order valence-corrected chi connectivity index (χ4v) is 3.67. The number of nitrogens with two attached hydrogens (primary N) is 1. The zero-order valence-corrected chi connectivity index (χ0v) is 12.7. The van der Waals surface area contributed by atoms with Crippen LogP contribution in [-0.4, -0.2) is 8.42 Å². The van der Waals surface area contributed by atoms with Gasteiger partial charge in [0, 0.05) is 11.0 Å². The molecule has 0 aromatic heterocycles. The molecule has 0 saturated heterocycles. The molecule has 3 N–H and O–H groups in total. The fourth-order valence-electron chi connectivity index (χ4n) is 1.60. The monoisotopic (exact) mass is 358 g/mol. The maximum atomic E-state index is 13.2. The van der Waals surface area contributed by atoms with Crippen LogP contribution >= 0.6 is 15.9 Å². The highest BCUT2D eigenvalue weighted by Gasteiger charge is 2.19. The van der Waals surface area contributed by atoms with Crippen molar-refractivity contribution in [2.75, 3.05) is 5.73 Å². The standard InChI is InChI=1S/C13H12BrFN2O2S/c14-10-6-11(15)12(16)7-13(10)20(18,19)17-8-9-4-2-1-3-5-9/h1-7,17H,8,16H2. The molecule has 0 aliphatic rings. The van der Waals surface area contributed by atoms with Crippen LogP contribution in [0.3, 0.4) is 0 Å². The smallest absolute Gasteiger partial charge is 0.242 e. The van der Waals surface area contributed by atoms with E-state index in [1.54, 1.807) is 12.1 Å². The molecule has 7 heteroatoms. The van der Waals surface area contributed by atoms with E-state index in [0.29, 0.717) is 0 Å². The van der Waals surface area contributed by atoms with E-state index in [0.717, 1.165) is 17.7 Å². The molecule has 0 aliphatic carbocycles. The van der Waals surface area contributed by atoms with Gasteiger partial charge in [-0.05, 0) is 33.6 Å². The van der Waals surface area contributed by atoms with Crippen molar-refractivity contribution < 1.29 is 12.8 Å². The minimum atomic E-state index is -3.77. The second-order valence-electron chi connectivity index (χ2n) is 4.11. The van der Waals surface area contributed by atoms with E-state index >= 15 is 0 Å². The number of benzene rings is 2. The molecule has 0 amide bonds. The van der Waals surface area contributed by atoms with Gasteiger partial charge in [-0.1, -0.05) is 30.3 Å². The number of anilines is 1. The maximum absolute atomic E-state index is 13.2. The second kappa shape index (κ2) is 5.90. The molecular formula is C13H12BrFN2O2S. The Balaban J connectivity index is 2.25. The molecule has 0 fully saturated rings. The van der Waals surface area contributed by atoms with Gasteiger partial charge >= 0.3 is 0 Å². The fraction of sp³-hybridized carbons (Fsp3) is 0.0769. The maximum Gasteiger partial charge on any atom is 0.242 e. The van der Waals surface area contributed by atoms with E-state index in [1.165, 1.54) is 0 Å². The Bertz CT molecular complexity index is 721. The van der Waals surface area contributed by atoms with E-state index in [-0.39, 0.29) is 21.6 Å². The van der Waals surface area contributed by atoms with Crippen molar-refractivity contribution in [3.63, 3.8) is 0 Å². The number of hydrogen-bond donors (Lipinski definition) is 2. The van der Waals surface area contributed by atoms with Gasteiger partial charge in [-0.15, -0.1) is 0 Å². The lowest BCUT2D eigenvalue weighted by Crippen LogP contribution is -2.23. The van der Waals surface area contributed by atoms with Crippen molar-refractivity contribution in [2.45, 2.75) is 11.4 Å². The molecule has 0 unspecified atom stereocenters. The number of nitrogens with one attached hydrogen (secondary N) is 1. The average molecular weight is 359 g/mol. The summed E-state index contributed by atoms with van der Waals surface area (Å²) in [7, 11) is -3.77. The first-order valence-corrected chi connectivity index (χ1v) is 7.96. The molecule has 2 rings (SSSR count). The van der Waals surface area contributed by atoms with E-state index < -0.39 is 15.8 Å². The summed E-state index contributed by atoms with van der Waals surface area (Å²) in [6, 6.07) is 11.2. The van der Waals surface area contributed by atoms with Crippen LogP contribution < -0.4 is 10.5 Å². The molecule has 0 bridgehead atoms. The molecule has 0 atom stereocenters. The van der Waals surface area contributed by atoms with Crippen molar-refractivity contribution in [1.82, 2.24) is 4.72 Å². The molecule has 2 aromatic carbocycles. The first-order chi connectivity index (χ1) is 9.40. The van der Waals surface area contributed by atoms with Crippen molar-refractivity contribution >= 4 is 31.6 Å². The van der Waals surface area contributed by atoms with E-state index in [9.17, 15) is 12.8 Å². The summed E-state index contributed by atoms with van der Waals surface area (Å²) in [5, 5.41) is 0. The first-order valence-electron chi connectivity index (χ1n) is 5.68. The van der Waals surface area contributed by atoms with Crippen LogP contribution in [0.5, 0.6) is 0 Å². The van der Waals surface area contributed by atoms with Crippen LogP contribution in [-0.2, 0) is 16.6 Å². The molecule has 0 heterocycles. The third-order valence-corrected chi connectivity index (χ3v) is 5.01. The lowest BCUT2D eigenvalue weighted by Gasteiger charge is -2.10. The Morgan fingerprint density at radius 3 is 2.50 bits per heavy atom. The van der Waals surface area contributed by atoms with Crippen molar-refractivity contribution in [2.24, 2.45) is 0 Å². The molecule has 0 aliphatic heterocycles. The van der Waals surface area contributed by atoms with E-state index in [1.807, 2.05) is 18.2 Å². The Kier molecular flexibility index (Phi) is 4.42. The Morgan fingerprint density at radius 2 is 1.85 bits per heavy atom. The normalized spacial score (nSPS) is 11.5. The average Bonchev–Trinajstić information content (AvgIpc) is 2.42. The van der Waals surface area contributed by atoms with E-state index in [2.05, 4.69) is 20.7 Å². The summed E-state index contributed by atoms with van der Waals surface area (Å²) in [5.41, 5.74) is 6.01. The number of rotatable bonds is 4. The van der Waals surface area contributed by atoms with Crippen LogP contribution in [0, 0.1) is 5.82 Å². The largest absolute Gasteiger partial charge is 0.396 e. The first kappa shape index (κ1) is 15.0.